The molecule has 0 spiro atoms. The Labute approximate surface area is 181 Å². The average molecular weight is 443 g/mol. The molecule has 0 aromatic heterocycles. The molecule has 0 saturated carbocycles. The maximum absolute atomic E-state index is 13.7. The standard InChI is InChI=1S/C22H16ClFN2O3S/c1-29-19-12-15(24)10-11-17(19)22-26(21(28)16-4-2-3-5-18(16)27)25-20(30-22)13-6-8-14(23)9-7-13/h2-12,22,27H,1H3. The number of carbonyl (C=O) groups excluding carboxylic acids is 1. The number of aromatic hydroxyl groups is 1. The number of nitrogens with zero attached hydrogens (tertiary/aromatic N) is 2. The molecule has 4 rings (SSSR count). The molecule has 0 saturated heterocycles. The van der Waals surface area contributed by atoms with Crippen LogP contribution in [-0.4, -0.2) is 28.2 Å². The van der Waals surface area contributed by atoms with E-state index in [1.54, 1.807) is 42.5 Å². The summed E-state index contributed by atoms with van der Waals surface area (Å²) in [5.41, 5.74) is 1.48. The molecule has 1 N–H and O–H groups in total. The zero-order valence-corrected chi connectivity index (χ0v) is 17.3. The van der Waals surface area contributed by atoms with Gasteiger partial charge in [-0.15, -0.1) is 0 Å². The maximum Gasteiger partial charge on any atom is 0.279 e. The van der Waals surface area contributed by atoms with E-state index < -0.39 is 17.1 Å². The lowest BCUT2D eigenvalue weighted by molar-refractivity contribution is 0.0745. The highest BCUT2D eigenvalue weighted by atomic mass is 35.5. The van der Waals surface area contributed by atoms with E-state index in [0.717, 1.165) is 5.56 Å². The highest BCUT2D eigenvalue weighted by Crippen LogP contribution is 2.45. The van der Waals surface area contributed by atoms with Crippen LogP contribution in [0.4, 0.5) is 4.39 Å². The lowest BCUT2D eigenvalue weighted by Gasteiger charge is -2.23. The van der Waals surface area contributed by atoms with Gasteiger partial charge in [0.05, 0.1) is 12.7 Å². The second kappa shape index (κ2) is 8.38. The van der Waals surface area contributed by atoms with Gasteiger partial charge in [-0.2, -0.15) is 5.10 Å². The van der Waals surface area contributed by atoms with Gasteiger partial charge in [0.2, 0.25) is 0 Å². The predicted molar refractivity (Wildman–Crippen MR) is 116 cm³/mol. The number of phenols is 1. The van der Waals surface area contributed by atoms with Gasteiger partial charge in [0.25, 0.3) is 5.91 Å². The van der Waals surface area contributed by atoms with E-state index in [9.17, 15) is 14.3 Å². The molecule has 0 bridgehead atoms. The van der Waals surface area contributed by atoms with Crippen molar-refractivity contribution in [2.75, 3.05) is 7.11 Å². The van der Waals surface area contributed by atoms with Gasteiger partial charge in [0.15, 0.2) is 0 Å². The van der Waals surface area contributed by atoms with E-state index >= 15 is 0 Å². The van der Waals surface area contributed by atoms with Crippen molar-refractivity contribution in [1.82, 2.24) is 5.01 Å². The van der Waals surface area contributed by atoms with Crippen LogP contribution in [0.15, 0.2) is 71.8 Å². The number of rotatable bonds is 4. The summed E-state index contributed by atoms with van der Waals surface area (Å²) in [7, 11) is 1.44. The predicted octanol–water partition coefficient (Wildman–Crippen LogP) is 5.44. The third-order valence-corrected chi connectivity index (χ3v) is 6.01. The summed E-state index contributed by atoms with van der Waals surface area (Å²) in [6, 6.07) is 17.5. The number of hydrazone groups is 1. The van der Waals surface area contributed by atoms with Crippen LogP contribution >= 0.6 is 23.4 Å². The van der Waals surface area contributed by atoms with E-state index in [-0.39, 0.29) is 11.3 Å². The Morgan fingerprint density at radius 3 is 2.60 bits per heavy atom. The van der Waals surface area contributed by atoms with Gasteiger partial charge in [0.1, 0.15) is 27.7 Å². The number of hydrogen-bond acceptors (Lipinski definition) is 5. The van der Waals surface area contributed by atoms with Crippen molar-refractivity contribution in [3.8, 4) is 11.5 Å². The summed E-state index contributed by atoms with van der Waals surface area (Å²) >= 11 is 7.31. The Morgan fingerprint density at radius 2 is 1.90 bits per heavy atom. The first-order valence-corrected chi connectivity index (χ1v) is 10.2. The number of hydrogen-bond donors (Lipinski definition) is 1. The fourth-order valence-electron chi connectivity index (χ4n) is 3.06. The number of phenolic OH excluding ortho intramolecular Hbond substituents is 1. The second-order valence-corrected chi connectivity index (χ2v) is 7.94. The maximum atomic E-state index is 13.7. The molecule has 8 heteroatoms. The molecule has 0 radical (unpaired) electrons. The number of halogens is 2. The third kappa shape index (κ3) is 3.86. The lowest BCUT2D eigenvalue weighted by atomic mass is 10.1. The molecule has 5 nitrogen and oxygen atoms in total. The van der Waals surface area contributed by atoms with Gasteiger partial charge in [-0.05, 0) is 36.4 Å². The minimum atomic E-state index is -0.613. The summed E-state index contributed by atoms with van der Waals surface area (Å²) in [5, 5.41) is 16.5. The van der Waals surface area contributed by atoms with Gasteiger partial charge >= 0.3 is 0 Å². The highest BCUT2D eigenvalue weighted by Gasteiger charge is 2.37. The first-order chi connectivity index (χ1) is 14.5. The lowest BCUT2D eigenvalue weighted by Crippen LogP contribution is -2.26. The van der Waals surface area contributed by atoms with Crippen molar-refractivity contribution >= 4 is 34.3 Å². The van der Waals surface area contributed by atoms with E-state index in [4.69, 9.17) is 16.3 Å². The molecule has 3 aromatic carbocycles. The summed E-state index contributed by atoms with van der Waals surface area (Å²) in [6.07, 6.45) is 0. The van der Waals surface area contributed by atoms with Crippen LogP contribution in [0.2, 0.25) is 5.02 Å². The average Bonchev–Trinajstić information content (AvgIpc) is 3.19. The Morgan fingerprint density at radius 1 is 1.17 bits per heavy atom. The van der Waals surface area contributed by atoms with Crippen LogP contribution in [0.3, 0.4) is 0 Å². The molecule has 1 unspecified atom stereocenters. The molecule has 1 atom stereocenters. The van der Waals surface area contributed by atoms with Crippen LogP contribution in [0.1, 0.15) is 26.9 Å². The number of ether oxygens (including phenoxy) is 1. The Hall–Kier alpha value is -3.03. The minimum absolute atomic E-state index is 0.116. The topological polar surface area (TPSA) is 62.1 Å². The van der Waals surface area contributed by atoms with Crippen LogP contribution < -0.4 is 4.74 Å². The second-order valence-electron chi connectivity index (χ2n) is 6.44. The fourth-order valence-corrected chi connectivity index (χ4v) is 4.37. The molecule has 0 aliphatic carbocycles. The molecule has 30 heavy (non-hydrogen) atoms. The molecule has 152 valence electrons. The van der Waals surface area contributed by atoms with E-state index in [0.29, 0.717) is 21.4 Å². The molecule has 3 aromatic rings. The van der Waals surface area contributed by atoms with E-state index in [1.807, 2.05) is 0 Å². The largest absolute Gasteiger partial charge is 0.507 e. The molecule has 0 fully saturated rings. The summed E-state index contributed by atoms with van der Waals surface area (Å²) in [6.45, 7) is 0. The Bertz CT molecular complexity index is 1140. The summed E-state index contributed by atoms with van der Waals surface area (Å²) < 4.78 is 19.1. The quantitative estimate of drug-likeness (QED) is 0.584. The minimum Gasteiger partial charge on any atom is -0.507 e. The first kappa shape index (κ1) is 20.3. The fraction of sp³-hybridized carbons (Fsp3) is 0.0909. The summed E-state index contributed by atoms with van der Waals surface area (Å²) in [5.74, 6) is -0.778. The van der Waals surface area contributed by atoms with Crippen LogP contribution in [0, 0.1) is 5.82 Å². The van der Waals surface area contributed by atoms with Gasteiger partial charge in [0, 0.05) is 22.2 Å². The molecule has 1 aliphatic heterocycles. The smallest absolute Gasteiger partial charge is 0.279 e. The monoisotopic (exact) mass is 442 g/mol. The zero-order chi connectivity index (χ0) is 21.3. The zero-order valence-electron chi connectivity index (χ0n) is 15.8. The third-order valence-electron chi connectivity index (χ3n) is 4.54. The molecular weight excluding hydrogens is 427 g/mol. The molecule has 1 amide bonds. The van der Waals surface area contributed by atoms with Crippen molar-refractivity contribution in [1.29, 1.82) is 0 Å². The van der Waals surface area contributed by atoms with Crippen molar-refractivity contribution in [3.05, 3.63) is 94.3 Å². The SMILES string of the molecule is COc1cc(F)ccc1C1SC(c2ccc(Cl)cc2)=NN1C(=O)c1ccccc1O. The summed E-state index contributed by atoms with van der Waals surface area (Å²) in [4.78, 5) is 13.3. The van der Waals surface area contributed by atoms with E-state index in [2.05, 4.69) is 5.10 Å². The number of amides is 1. The molecule has 1 heterocycles. The van der Waals surface area contributed by atoms with Gasteiger partial charge in [-0.25, -0.2) is 9.40 Å². The number of para-hydroxylation sites is 1. The van der Waals surface area contributed by atoms with Crippen molar-refractivity contribution < 1.29 is 19.0 Å². The molecular formula is C22H16ClFN2O3S. The van der Waals surface area contributed by atoms with Gasteiger partial charge < -0.3 is 9.84 Å². The Balaban J connectivity index is 1.79. The first-order valence-electron chi connectivity index (χ1n) is 8.94. The normalized spacial score (nSPS) is 15.8. The molecule has 1 aliphatic rings. The number of methoxy groups -OCH3 is 1. The van der Waals surface area contributed by atoms with Crippen LogP contribution in [0.5, 0.6) is 11.5 Å². The van der Waals surface area contributed by atoms with Crippen molar-refractivity contribution in [3.63, 3.8) is 0 Å². The van der Waals surface area contributed by atoms with Crippen molar-refractivity contribution in [2.24, 2.45) is 5.10 Å². The van der Waals surface area contributed by atoms with Crippen LogP contribution in [-0.2, 0) is 0 Å². The van der Waals surface area contributed by atoms with Gasteiger partial charge in [-0.3, -0.25) is 4.79 Å². The number of benzene rings is 3. The van der Waals surface area contributed by atoms with E-state index in [1.165, 1.54) is 48.1 Å². The van der Waals surface area contributed by atoms with Crippen LogP contribution in [0.25, 0.3) is 0 Å². The van der Waals surface area contributed by atoms with Gasteiger partial charge in [-0.1, -0.05) is 47.6 Å². The Kier molecular flexibility index (Phi) is 5.65. The number of carbonyl (C=O) groups is 1. The number of thioether (sulfide) groups is 1. The van der Waals surface area contributed by atoms with Crippen molar-refractivity contribution in [2.45, 2.75) is 5.37 Å². The highest BCUT2D eigenvalue weighted by molar-refractivity contribution is 8.14.